The molecule has 0 bridgehead atoms. The first kappa shape index (κ1) is 19.1. The molecular formula is C25H18ClN3O3. The number of aromatic nitrogens is 2. The Kier molecular flexibility index (Phi) is 4.47. The minimum atomic E-state index is -0.387. The fourth-order valence-electron chi connectivity index (χ4n) is 4.32. The zero-order chi connectivity index (χ0) is 21.7. The van der Waals surface area contributed by atoms with Crippen LogP contribution >= 0.6 is 11.6 Å². The predicted octanol–water partition coefficient (Wildman–Crippen LogP) is 5.25. The summed E-state index contributed by atoms with van der Waals surface area (Å²) < 4.78 is 11.5. The number of hydrogen-bond donors (Lipinski definition) is 0. The van der Waals surface area contributed by atoms with Gasteiger partial charge in [0.25, 0.3) is 0 Å². The standard InChI is InChI=1S/C25H18ClN3O3/c26-17-7-5-6-15(12-17)23-27-24(32-28-23)16-13-29(14-16)25(30)22-18-8-1-3-10-20(18)31-21-11-4-2-9-19(21)22/h1-12,16,22H,13-14H2. The average molecular weight is 444 g/mol. The van der Waals surface area contributed by atoms with Crippen molar-refractivity contribution in [2.24, 2.45) is 0 Å². The van der Waals surface area contributed by atoms with Crippen LogP contribution in [0.1, 0.15) is 28.9 Å². The third kappa shape index (κ3) is 3.15. The van der Waals surface area contributed by atoms with Crippen LogP contribution in [-0.2, 0) is 4.79 Å². The molecule has 4 aromatic rings. The van der Waals surface area contributed by atoms with E-state index in [4.69, 9.17) is 20.9 Å². The number of hydrogen-bond acceptors (Lipinski definition) is 5. The molecule has 2 aliphatic heterocycles. The number of amides is 1. The highest BCUT2D eigenvalue weighted by Crippen LogP contribution is 2.45. The van der Waals surface area contributed by atoms with E-state index < -0.39 is 0 Å². The first-order chi connectivity index (χ1) is 15.7. The molecule has 0 spiro atoms. The van der Waals surface area contributed by atoms with Gasteiger partial charge in [-0.05, 0) is 24.3 Å². The number of nitrogens with zero attached hydrogens (tertiary/aromatic N) is 3. The van der Waals surface area contributed by atoms with Gasteiger partial charge < -0.3 is 14.2 Å². The SMILES string of the molecule is O=C(C1c2ccccc2Oc2ccccc21)N1CC(c2nc(-c3cccc(Cl)c3)no2)C1. The fraction of sp³-hybridized carbons (Fsp3) is 0.160. The Morgan fingerprint density at radius 3 is 2.31 bits per heavy atom. The molecule has 7 heteroatoms. The molecule has 0 radical (unpaired) electrons. The molecule has 0 unspecified atom stereocenters. The van der Waals surface area contributed by atoms with Crippen molar-refractivity contribution in [2.75, 3.05) is 13.1 Å². The molecule has 6 nitrogen and oxygen atoms in total. The second-order valence-electron chi connectivity index (χ2n) is 8.02. The molecule has 3 heterocycles. The van der Waals surface area contributed by atoms with E-state index >= 15 is 0 Å². The second-order valence-corrected chi connectivity index (χ2v) is 8.45. The van der Waals surface area contributed by atoms with Gasteiger partial charge in [-0.3, -0.25) is 4.79 Å². The molecular weight excluding hydrogens is 426 g/mol. The minimum Gasteiger partial charge on any atom is -0.457 e. The van der Waals surface area contributed by atoms with Crippen molar-refractivity contribution in [3.8, 4) is 22.9 Å². The summed E-state index contributed by atoms with van der Waals surface area (Å²) in [7, 11) is 0. The molecule has 0 N–H and O–H groups in total. The summed E-state index contributed by atoms with van der Waals surface area (Å²) in [6, 6.07) is 22.8. The number of ether oxygens (including phenoxy) is 1. The number of benzene rings is 3. The lowest BCUT2D eigenvalue weighted by atomic mass is 9.85. The Morgan fingerprint density at radius 2 is 1.62 bits per heavy atom. The number of halogens is 1. The number of fused-ring (bicyclic) bond motifs is 2. The highest BCUT2D eigenvalue weighted by Gasteiger charge is 2.41. The van der Waals surface area contributed by atoms with E-state index in [0.29, 0.717) is 29.8 Å². The average Bonchev–Trinajstić information content (AvgIpc) is 3.26. The molecule has 32 heavy (non-hydrogen) atoms. The van der Waals surface area contributed by atoms with Crippen molar-refractivity contribution in [1.82, 2.24) is 15.0 Å². The van der Waals surface area contributed by atoms with E-state index in [-0.39, 0.29) is 17.7 Å². The lowest BCUT2D eigenvalue weighted by Gasteiger charge is -2.40. The molecule has 3 aromatic carbocycles. The summed E-state index contributed by atoms with van der Waals surface area (Å²) in [6.07, 6.45) is 0. The molecule has 1 fully saturated rings. The zero-order valence-corrected chi connectivity index (χ0v) is 17.7. The van der Waals surface area contributed by atoms with Gasteiger partial charge in [0.1, 0.15) is 11.5 Å². The molecule has 6 rings (SSSR count). The first-order valence-electron chi connectivity index (χ1n) is 10.4. The Balaban J connectivity index is 1.22. The van der Waals surface area contributed by atoms with Crippen molar-refractivity contribution in [3.05, 3.63) is 94.8 Å². The van der Waals surface area contributed by atoms with Crippen LogP contribution in [0.3, 0.4) is 0 Å². The molecule has 0 atom stereocenters. The van der Waals surface area contributed by atoms with E-state index in [1.54, 1.807) is 12.1 Å². The third-order valence-electron chi connectivity index (χ3n) is 5.99. The normalized spacial score (nSPS) is 15.5. The fourth-order valence-corrected chi connectivity index (χ4v) is 4.51. The van der Waals surface area contributed by atoms with E-state index in [1.165, 1.54) is 0 Å². The summed E-state index contributed by atoms with van der Waals surface area (Å²) >= 11 is 6.06. The van der Waals surface area contributed by atoms with Gasteiger partial charge >= 0.3 is 0 Å². The van der Waals surface area contributed by atoms with E-state index in [0.717, 1.165) is 28.2 Å². The van der Waals surface area contributed by atoms with Gasteiger partial charge in [-0.1, -0.05) is 65.3 Å². The van der Waals surface area contributed by atoms with Crippen LogP contribution in [0, 0.1) is 0 Å². The third-order valence-corrected chi connectivity index (χ3v) is 6.23. The minimum absolute atomic E-state index is 0.0183. The Hall–Kier alpha value is -3.64. The highest BCUT2D eigenvalue weighted by molar-refractivity contribution is 6.30. The maximum absolute atomic E-state index is 13.5. The van der Waals surface area contributed by atoms with E-state index in [2.05, 4.69) is 10.1 Å². The largest absolute Gasteiger partial charge is 0.457 e. The Morgan fingerprint density at radius 1 is 0.938 bits per heavy atom. The number of rotatable bonds is 3. The van der Waals surface area contributed by atoms with Gasteiger partial charge in [-0.25, -0.2) is 0 Å². The Bertz CT molecular complexity index is 1280. The van der Waals surface area contributed by atoms with Crippen LogP contribution in [0.25, 0.3) is 11.4 Å². The smallest absolute Gasteiger partial charge is 0.234 e. The lowest BCUT2D eigenvalue weighted by Crippen LogP contribution is -2.50. The summed E-state index contributed by atoms with van der Waals surface area (Å²) in [5, 5.41) is 4.70. The summed E-state index contributed by atoms with van der Waals surface area (Å²) in [5.41, 5.74) is 2.58. The van der Waals surface area contributed by atoms with Crippen molar-refractivity contribution in [1.29, 1.82) is 0 Å². The van der Waals surface area contributed by atoms with Gasteiger partial charge in [0.05, 0.1) is 11.8 Å². The van der Waals surface area contributed by atoms with Gasteiger partial charge in [-0.2, -0.15) is 4.98 Å². The van der Waals surface area contributed by atoms with Gasteiger partial charge in [0, 0.05) is 34.8 Å². The van der Waals surface area contributed by atoms with Gasteiger partial charge in [0.2, 0.25) is 17.6 Å². The molecule has 2 aliphatic rings. The molecule has 0 saturated carbocycles. The first-order valence-corrected chi connectivity index (χ1v) is 10.8. The van der Waals surface area contributed by atoms with Crippen LogP contribution in [-0.4, -0.2) is 34.0 Å². The topological polar surface area (TPSA) is 68.5 Å². The quantitative estimate of drug-likeness (QED) is 0.432. The van der Waals surface area contributed by atoms with E-state index in [9.17, 15) is 4.79 Å². The van der Waals surface area contributed by atoms with Crippen LogP contribution in [0.2, 0.25) is 5.02 Å². The van der Waals surface area contributed by atoms with Crippen molar-refractivity contribution >= 4 is 17.5 Å². The highest BCUT2D eigenvalue weighted by atomic mass is 35.5. The summed E-state index contributed by atoms with van der Waals surface area (Å²) in [4.78, 5) is 19.9. The Labute approximate surface area is 189 Å². The summed E-state index contributed by atoms with van der Waals surface area (Å²) in [6.45, 7) is 1.08. The maximum Gasteiger partial charge on any atom is 0.234 e. The molecule has 1 amide bonds. The molecule has 0 aliphatic carbocycles. The molecule has 158 valence electrons. The predicted molar refractivity (Wildman–Crippen MR) is 119 cm³/mol. The van der Waals surface area contributed by atoms with E-state index in [1.807, 2.05) is 65.6 Å². The van der Waals surface area contributed by atoms with Crippen LogP contribution in [0.15, 0.2) is 77.3 Å². The van der Waals surface area contributed by atoms with Gasteiger partial charge in [0.15, 0.2) is 0 Å². The summed E-state index contributed by atoms with van der Waals surface area (Å²) in [5.74, 6) is 2.18. The zero-order valence-electron chi connectivity index (χ0n) is 16.9. The lowest BCUT2D eigenvalue weighted by molar-refractivity contribution is -0.136. The number of para-hydroxylation sites is 2. The van der Waals surface area contributed by atoms with Crippen LogP contribution in [0.4, 0.5) is 0 Å². The molecule has 1 aromatic heterocycles. The van der Waals surface area contributed by atoms with Gasteiger partial charge in [-0.15, -0.1) is 0 Å². The van der Waals surface area contributed by atoms with Crippen molar-refractivity contribution in [2.45, 2.75) is 11.8 Å². The number of carbonyl (C=O) groups is 1. The monoisotopic (exact) mass is 443 g/mol. The molecule has 1 saturated heterocycles. The maximum atomic E-state index is 13.5. The number of carbonyl (C=O) groups excluding carboxylic acids is 1. The second kappa shape index (κ2) is 7.50. The number of likely N-dealkylation sites (tertiary alicyclic amines) is 1. The van der Waals surface area contributed by atoms with Crippen LogP contribution in [0.5, 0.6) is 11.5 Å². The van der Waals surface area contributed by atoms with Crippen molar-refractivity contribution in [3.63, 3.8) is 0 Å². The van der Waals surface area contributed by atoms with Crippen LogP contribution < -0.4 is 4.74 Å². The van der Waals surface area contributed by atoms with Crippen molar-refractivity contribution < 1.29 is 14.1 Å².